The molecule has 17 heavy (non-hydrogen) atoms. The van der Waals surface area contributed by atoms with Crippen LogP contribution in [-0.4, -0.2) is 40.0 Å². The zero-order valence-corrected chi connectivity index (χ0v) is 10.0. The maximum absolute atomic E-state index is 12.1. The Morgan fingerprint density at radius 3 is 2.71 bits per heavy atom. The molecule has 1 aromatic rings. The van der Waals surface area contributed by atoms with E-state index in [2.05, 4.69) is 4.98 Å². The van der Waals surface area contributed by atoms with Gasteiger partial charge in [0.2, 0.25) is 0 Å². The molecule has 0 saturated carbocycles. The van der Waals surface area contributed by atoms with Crippen LogP contribution in [0.1, 0.15) is 29.4 Å². The molecule has 0 radical (unpaired) electrons. The van der Waals surface area contributed by atoms with Gasteiger partial charge < -0.3 is 10.0 Å². The van der Waals surface area contributed by atoms with Crippen LogP contribution in [0.15, 0.2) is 18.3 Å². The minimum absolute atomic E-state index is 0.264. The summed E-state index contributed by atoms with van der Waals surface area (Å²) >= 11 is 0. The van der Waals surface area contributed by atoms with Crippen molar-refractivity contribution in [2.75, 3.05) is 13.1 Å². The molecule has 1 rings (SSSR count). The van der Waals surface area contributed by atoms with Crippen LogP contribution in [0.4, 0.5) is 0 Å². The second-order valence-corrected chi connectivity index (χ2v) is 3.81. The number of carboxylic acids is 1. The quantitative estimate of drug-likeness (QED) is 0.837. The van der Waals surface area contributed by atoms with Gasteiger partial charge in [-0.3, -0.25) is 14.6 Å². The standard InChI is InChI=1S/C12H16N2O3/c1-3-6-14(8-11(15)16)12(17)10-4-5-13-9(2)7-10/h4-5,7H,3,6,8H2,1-2H3,(H,15,16). The summed E-state index contributed by atoms with van der Waals surface area (Å²) in [5, 5.41) is 8.75. The van der Waals surface area contributed by atoms with E-state index in [0.29, 0.717) is 12.1 Å². The highest BCUT2D eigenvalue weighted by atomic mass is 16.4. The van der Waals surface area contributed by atoms with Gasteiger partial charge in [-0.15, -0.1) is 0 Å². The number of hydrogen-bond donors (Lipinski definition) is 1. The van der Waals surface area contributed by atoms with Crippen LogP contribution < -0.4 is 0 Å². The van der Waals surface area contributed by atoms with Crippen molar-refractivity contribution in [2.24, 2.45) is 0 Å². The number of nitrogens with zero attached hydrogens (tertiary/aromatic N) is 2. The van der Waals surface area contributed by atoms with Gasteiger partial charge in [-0.1, -0.05) is 6.92 Å². The molecule has 0 aliphatic heterocycles. The maximum atomic E-state index is 12.1. The van der Waals surface area contributed by atoms with Gasteiger partial charge in [-0.25, -0.2) is 0 Å². The largest absolute Gasteiger partial charge is 0.480 e. The lowest BCUT2D eigenvalue weighted by Gasteiger charge is -2.19. The van der Waals surface area contributed by atoms with Crippen molar-refractivity contribution in [2.45, 2.75) is 20.3 Å². The molecule has 0 unspecified atom stereocenters. The number of aromatic nitrogens is 1. The normalized spacial score (nSPS) is 10.0. The average Bonchev–Trinajstić information content (AvgIpc) is 2.27. The second-order valence-electron chi connectivity index (χ2n) is 3.81. The van der Waals surface area contributed by atoms with Crippen molar-refractivity contribution in [1.29, 1.82) is 0 Å². The molecule has 0 aliphatic rings. The van der Waals surface area contributed by atoms with Crippen molar-refractivity contribution in [3.05, 3.63) is 29.6 Å². The Labute approximate surface area is 100 Å². The van der Waals surface area contributed by atoms with Crippen LogP contribution in [0, 0.1) is 6.92 Å². The van der Waals surface area contributed by atoms with Crippen LogP contribution in [0.25, 0.3) is 0 Å². The third kappa shape index (κ3) is 3.86. The fourth-order valence-corrected chi connectivity index (χ4v) is 1.55. The van der Waals surface area contributed by atoms with Crippen molar-refractivity contribution in [3.63, 3.8) is 0 Å². The van der Waals surface area contributed by atoms with E-state index in [-0.39, 0.29) is 12.5 Å². The highest BCUT2D eigenvalue weighted by molar-refractivity contribution is 5.95. The first kappa shape index (κ1) is 13.2. The lowest BCUT2D eigenvalue weighted by atomic mass is 10.2. The summed E-state index contributed by atoms with van der Waals surface area (Å²) in [6.07, 6.45) is 2.27. The molecule has 0 spiro atoms. The Balaban J connectivity index is 2.87. The smallest absolute Gasteiger partial charge is 0.323 e. The number of carbonyl (C=O) groups excluding carboxylic acids is 1. The van der Waals surface area contributed by atoms with E-state index in [9.17, 15) is 9.59 Å². The Hall–Kier alpha value is -1.91. The molecular formula is C12H16N2O3. The molecule has 5 nitrogen and oxygen atoms in total. The molecule has 5 heteroatoms. The molecule has 0 aliphatic carbocycles. The van der Waals surface area contributed by atoms with Crippen LogP contribution in [0.2, 0.25) is 0 Å². The van der Waals surface area contributed by atoms with Crippen LogP contribution in [0.5, 0.6) is 0 Å². The summed E-state index contributed by atoms with van der Waals surface area (Å²) in [6.45, 7) is 3.86. The summed E-state index contributed by atoms with van der Waals surface area (Å²) in [5.41, 5.74) is 1.22. The van der Waals surface area contributed by atoms with Gasteiger partial charge in [0.25, 0.3) is 5.91 Å². The van der Waals surface area contributed by atoms with Gasteiger partial charge in [0.15, 0.2) is 0 Å². The number of rotatable bonds is 5. The summed E-state index contributed by atoms with van der Waals surface area (Å²) in [5.74, 6) is -1.27. The number of carbonyl (C=O) groups is 2. The molecule has 0 saturated heterocycles. The topological polar surface area (TPSA) is 70.5 Å². The van der Waals surface area contributed by atoms with Crippen LogP contribution in [0.3, 0.4) is 0 Å². The molecule has 0 fully saturated rings. The monoisotopic (exact) mass is 236 g/mol. The number of carboxylic acid groups (broad SMARTS) is 1. The summed E-state index contributed by atoms with van der Waals surface area (Å²) in [6, 6.07) is 3.26. The number of aryl methyl sites for hydroxylation is 1. The molecule has 0 bridgehead atoms. The second kappa shape index (κ2) is 5.98. The van der Waals surface area contributed by atoms with Gasteiger partial charge in [0.1, 0.15) is 6.54 Å². The van der Waals surface area contributed by atoms with Crippen molar-refractivity contribution >= 4 is 11.9 Å². The Kier molecular flexibility index (Phi) is 4.63. The van der Waals surface area contributed by atoms with Crippen LogP contribution >= 0.6 is 0 Å². The fourth-order valence-electron chi connectivity index (χ4n) is 1.55. The molecular weight excluding hydrogens is 220 g/mol. The van der Waals surface area contributed by atoms with Gasteiger partial charge in [-0.05, 0) is 25.5 Å². The summed E-state index contributed by atoms with van der Waals surface area (Å²) < 4.78 is 0. The lowest BCUT2D eigenvalue weighted by Crippen LogP contribution is -2.36. The summed E-state index contributed by atoms with van der Waals surface area (Å²) in [7, 11) is 0. The van der Waals surface area contributed by atoms with Gasteiger partial charge in [0.05, 0.1) is 0 Å². The third-order valence-corrected chi connectivity index (χ3v) is 2.25. The predicted octanol–water partition coefficient (Wildman–Crippen LogP) is 1.33. The van der Waals surface area contributed by atoms with Crippen molar-refractivity contribution < 1.29 is 14.7 Å². The van der Waals surface area contributed by atoms with E-state index in [1.165, 1.54) is 4.90 Å². The lowest BCUT2D eigenvalue weighted by molar-refractivity contribution is -0.137. The molecule has 1 amide bonds. The number of pyridine rings is 1. The van der Waals surface area contributed by atoms with Gasteiger partial charge >= 0.3 is 5.97 Å². The first-order valence-electron chi connectivity index (χ1n) is 5.48. The maximum Gasteiger partial charge on any atom is 0.323 e. The zero-order chi connectivity index (χ0) is 12.8. The average molecular weight is 236 g/mol. The number of aliphatic carboxylic acids is 1. The van der Waals surface area contributed by atoms with E-state index in [0.717, 1.165) is 12.1 Å². The van der Waals surface area contributed by atoms with E-state index in [4.69, 9.17) is 5.11 Å². The summed E-state index contributed by atoms with van der Waals surface area (Å²) in [4.78, 5) is 28.1. The van der Waals surface area contributed by atoms with E-state index in [1.807, 2.05) is 6.92 Å². The Morgan fingerprint density at radius 1 is 1.47 bits per heavy atom. The molecule has 0 aromatic carbocycles. The van der Waals surface area contributed by atoms with E-state index >= 15 is 0 Å². The van der Waals surface area contributed by atoms with Gasteiger partial charge in [0, 0.05) is 24.0 Å². The fraction of sp³-hybridized carbons (Fsp3) is 0.417. The first-order valence-corrected chi connectivity index (χ1v) is 5.48. The Bertz CT molecular complexity index is 418. The zero-order valence-electron chi connectivity index (χ0n) is 10.0. The molecule has 1 heterocycles. The molecule has 1 aromatic heterocycles. The van der Waals surface area contributed by atoms with E-state index in [1.54, 1.807) is 25.3 Å². The first-order chi connectivity index (χ1) is 8.04. The van der Waals surface area contributed by atoms with Crippen molar-refractivity contribution in [3.8, 4) is 0 Å². The highest BCUT2D eigenvalue weighted by Crippen LogP contribution is 2.06. The highest BCUT2D eigenvalue weighted by Gasteiger charge is 2.17. The molecule has 92 valence electrons. The van der Waals surface area contributed by atoms with Crippen LogP contribution in [-0.2, 0) is 4.79 Å². The predicted molar refractivity (Wildman–Crippen MR) is 62.8 cm³/mol. The minimum Gasteiger partial charge on any atom is -0.480 e. The number of hydrogen-bond acceptors (Lipinski definition) is 3. The number of amides is 1. The molecule has 1 N–H and O–H groups in total. The third-order valence-electron chi connectivity index (χ3n) is 2.25. The SMILES string of the molecule is CCCN(CC(=O)O)C(=O)c1ccnc(C)c1. The Morgan fingerprint density at radius 2 is 2.18 bits per heavy atom. The van der Waals surface area contributed by atoms with E-state index < -0.39 is 5.97 Å². The van der Waals surface area contributed by atoms with Gasteiger partial charge in [-0.2, -0.15) is 0 Å². The molecule has 0 atom stereocenters. The minimum atomic E-state index is -1.00. The van der Waals surface area contributed by atoms with Crippen molar-refractivity contribution in [1.82, 2.24) is 9.88 Å².